The highest BCUT2D eigenvalue weighted by Gasteiger charge is 2.36. The minimum Gasteiger partial charge on any atom is -0.423 e. The Labute approximate surface area is 157 Å². The predicted molar refractivity (Wildman–Crippen MR) is 97.9 cm³/mol. The molecule has 5 nitrogen and oxygen atoms in total. The number of imide groups is 1. The molecule has 26 heavy (non-hydrogen) atoms. The summed E-state index contributed by atoms with van der Waals surface area (Å²) >= 11 is 11.9. The van der Waals surface area contributed by atoms with Crippen LogP contribution in [0.2, 0.25) is 10.0 Å². The number of benzene rings is 2. The Morgan fingerprint density at radius 1 is 0.923 bits per heavy atom. The number of carbonyl (C=O) groups is 2. The first kappa shape index (κ1) is 16.8. The molecule has 1 aliphatic rings. The van der Waals surface area contributed by atoms with E-state index in [0.29, 0.717) is 16.5 Å². The third-order valence-electron chi connectivity index (χ3n) is 4.33. The van der Waals surface area contributed by atoms with Crippen LogP contribution in [0.4, 0.5) is 0 Å². The van der Waals surface area contributed by atoms with Gasteiger partial charge in [0.1, 0.15) is 5.58 Å². The Kier molecular flexibility index (Phi) is 3.86. The van der Waals surface area contributed by atoms with Crippen LogP contribution < -0.4 is 5.63 Å². The number of amides is 2. The molecule has 0 aliphatic carbocycles. The molecule has 0 radical (unpaired) electrons. The fourth-order valence-corrected chi connectivity index (χ4v) is 3.39. The molecule has 3 aromatic rings. The Morgan fingerprint density at radius 2 is 1.54 bits per heavy atom. The highest BCUT2D eigenvalue weighted by molar-refractivity contribution is 6.43. The monoisotopic (exact) mass is 387 g/mol. The van der Waals surface area contributed by atoms with Gasteiger partial charge in [0.25, 0.3) is 11.8 Å². The zero-order chi connectivity index (χ0) is 18.6. The second-order valence-corrected chi connectivity index (χ2v) is 6.91. The second kappa shape index (κ2) is 5.97. The smallest absolute Gasteiger partial charge is 0.336 e. The van der Waals surface area contributed by atoms with E-state index >= 15 is 0 Å². The van der Waals surface area contributed by atoms with E-state index < -0.39 is 17.4 Å². The lowest BCUT2D eigenvalue weighted by Gasteiger charge is -2.15. The second-order valence-electron chi connectivity index (χ2n) is 6.10. The third-order valence-corrected chi connectivity index (χ3v) is 5.05. The Bertz CT molecular complexity index is 1130. The average Bonchev–Trinajstić information content (AvgIpc) is 2.79. The van der Waals surface area contributed by atoms with E-state index in [-0.39, 0.29) is 27.7 Å². The van der Waals surface area contributed by atoms with E-state index in [1.165, 1.54) is 18.2 Å². The molecule has 0 atom stereocenters. The summed E-state index contributed by atoms with van der Waals surface area (Å²) < 4.78 is 5.22. The summed E-state index contributed by atoms with van der Waals surface area (Å²) in [6, 6.07) is 9.48. The van der Waals surface area contributed by atoms with E-state index in [9.17, 15) is 14.4 Å². The molecule has 4 rings (SSSR count). The number of aryl methyl sites for hydroxylation is 1. The van der Waals surface area contributed by atoms with Crippen molar-refractivity contribution in [2.24, 2.45) is 0 Å². The molecule has 2 heterocycles. The first-order valence-corrected chi connectivity index (χ1v) is 8.49. The van der Waals surface area contributed by atoms with Crippen LogP contribution in [0.15, 0.2) is 45.6 Å². The summed E-state index contributed by atoms with van der Waals surface area (Å²) in [5, 5.41) is 1.08. The highest BCUT2D eigenvalue weighted by atomic mass is 35.5. The normalized spacial score (nSPS) is 13.6. The molecule has 0 bridgehead atoms. The lowest BCUT2D eigenvalue weighted by molar-refractivity contribution is 0.0642. The molecule has 130 valence electrons. The van der Waals surface area contributed by atoms with Gasteiger partial charge in [-0.15, -0.1) is 0 Å². The van der Waals surface area contributed by atoms with E-state index in [4.69, 9.17) is 27.6 Å². The van der Waals surface area contributed by atoms with Crippen molar-refractivity contribution in [2.75, 3.05) is 0 Å². The average molecular weight is 388 g/mol. The van der Waals surface area contributed by atoms with Crippen molar-refractivity contribution in [3.05, 3.63) is 79.1 Å². The Balaban J connectivity index is 1.79. The molecular formula is C19H11Cl2NO4. The molecule has 1 aromatic heterocycles. The van der Waals surface area contributed by atoms with Gasteiger partial charge in [-0.2, -0.15) is 0 Å². The summed E-state index contributed by atoms with van der Waals surface area (Å²) in [5.41, 5.74) is 1.74. The fraction of sp³-hybridized carbons (Fsp3) is 0.105. The maximum atomic E-state index is 12.7. The van der Waals surface area contributed by atoms with Gasteiger partial charge in [0.2, 0.25) is 0 Å². The maximum absolute atomic E-state index is 12.7. The standard InChI is InChI=1S/C19H11Cl2NO4/c1-9-2-3-11-10(5-17(23)26-16(11)4-9)8-22-18(24)12-6-14(20)15(21)7-13(12)19(22)25/h2-7H,8H2,1H3. The molecule has 2 amide bonds. The summed E-state index contributed by atoms with van der Waals surface area (Å²) in [5.74, 6) is -0.950. The van der Waals surface area contributed by atoms with Crippen molar-refractivity contribution in [1.82, 2.24) is 4.90 Å². The van der Waals surface area contributed by atoms with Crippen LogP contribution in [0.25, 0.3) is 11.0 Å². The molecule has 0 saturated heterocycles. The predicted octanol–water partition coefficient (Wildman–Crippen LogP) is 4.20. The van der Waals surface area contributed by atoms with Crippen LogP contribution in [0, 0.1) is 6.92 Å². The van der Waals surface area contributed by atoms with Crippen LogP contribution >= 0.6 is 23.2 Å². The van der Waals surface area contributed by atoms with Gasteiger partial charge in [0, 0.05) is 11.5 Å². The number of fused-ring (bicyclic) bond motifs is 2. The van der Waals surface area contributed by atoms with Crippen LogP contribution in [-0.2, 0) is 6.54 Å². The summed E-state index contributed by atoms with van der Waals surface area (Å²) in [7, 11) is 0. The van der Waals surface area contributed by atoms with E-state index in [0.717, 1.165) is 10.5 Å². The largest absolute Gasteiger partial charge is 0.423 e. The summed E-state index contributed by atoms with van der Waals surface area (Å²) in [4.78, 5) is 38.2. The quantitative estimate of drug-likeness (QED) is 0.487. The van der Waals surface area contributed by atoms with Crippen LogP contribution in [-0.4, -0.2) is 16.7 Å². The molecule has 0 spiro atoms. The summed E-state index contributed by atoms with van der Waals surface area (Å²) in [6.07, 6.45) is 0. The zero-order valence-corrected chi connectivity index (χ0v) is 15.0. The lowest BCUT2D eigenvalue weighted by atomic mass is 10.1. The van der Waals surface area contributed by atoms with Crippen molar-refractivity contribution >= 4 is 46.0 Å². The minimum atomic E-state index is -0.541. The van der Waals surface area contributed by atoms with Gasteiger partial charge in [-0.1, -0.05) is 35.3 Å². The number of nitrogens with zero attached hydrogens (tertiary/aromatic N) is 1. The fourth-order valence-electron chi connectivity index (χ4n) is 3.07. The number of hydrogen-bond donors (Lipinski definition) is 0. The SMILES string of the molecule is Cc1ccc2c(CN3C(=O)c4cc(Cl)c(Cl)cc4C3=O)cc(=O)oc2c1. The topological polar surface area (TPSA) is 67.6 Å². The van der Waals surface area contributed by atoms with Crippen molar-refractivity contribution in [2.45, 2.75) is 13.5 Å². The van der Waals surface area contributed by atoms with Crippen molar-refractivity contribution in [1.29, 1.82) is 0 Å². The van der Waals surface area contributed by atoms with E-state index in [2.05, 4.69) is 0 Å². The van der Waals surface area contributed by atoms with Crippen LogP contribution in [0.1, 0.15) is 31.8 Å². The Hall–Kier alpha value is -2.63. The molecule has 0 saturated carbocycles. The van der Waals surface area contributed by atoms with E-state index in [1.54, 1.807) is 12.1 Å². The van der Waals surface area contributed by atoms with Crippen molar-refractivity contribution in [3.63, 3.8) is 0 Å². The lowest BCUT2D eigenvalue weighted by Crippen LogP contribution is -2.29. The van der Waals surface area contributed by atoms with Gasteiger partial charge in [-0.25, -0.2) is 4.79 Å². The maximum Gasteiger partial charge on any atom is 0.336 e. The first-order chi connectivity index (χ1) is 12.3. The van der Waals surface area contributed by atoms with Gasteiger partial charge in [-0.3, -0.25) is 14.5 Å². The minimum absolute atomic E-state index is 0.0489. The van der Waals surface area contributed by atoms with Crippen LogP contribution in [0.5, 0.6) is 0 Å². The number of carbonyl (C=O) groups excluding carboxylic acids is 2. The number of rotatable bonds is 2. The van der Waals surface area contributed by atoms with Crippen molar-refractivity contribution in [3.8, 4) is 0 Å². The molecule has 0 fully saturated rings. The molecular weight excluding hydrogens is 377 g/mol. The van der Waals surface area contributed by atoms with Gasteiger partial charge >= 0.3 is 5.63 Å². The first-order valence-electron chi connectivity index (χ1n) is 7.74. The van der Waals surface area contributed by atoms with Gasteiger partial charge in [0.15, 0.2) is 0 Å². The molecule has 0 unspecified atom stereocenters. The third kappa shape index (κ3) is 2.60. The van der Waals surface area contributed by atoms with Gasteiger partial charge < -0.3 is 4.42 Å². The van der Waals surface area contributed by atoms with Crippen molar-refractivity contribution < 1.29 is 14.0 Å². The summed E-state index contributed by atoms with van der Waals surface area (Å²) in [6.45, 7) is 1.83. The molecule has 2 aromatic carbocycles. The molecule has 1 aliphatic heterocycles. The number of hydrogen-bond acceptors (Lipinski definition) is 4. The molecule has 0 N–H and O–H groups in total. The Morgan fingerprint density at radius 3 is 2.15 bits per heavy atom. The number of halogens is 2. The highest BCUT2D eigenvalue weighted by Crippen LogP contribution is 2.32. The van der Waals surface area contributed by atoms with Gasteiger partial charge in [0.05, 0.1) is 27.7 Å². The van der Waals surface area contributed by atoms with Crippen LogP contribution in [0.3, 0.4) is 0 Å². The van der Waals surface area contributed by atoms with Gasteiger partial charge in [-0.05, 0) is 36.2 Å². The molecule has 7 heteroatoms. The zero-order valence-electron chi connectivity index (χ0n) is 13.5. The van der Waals surface area contributed by atoms with E-state index in [1.807, 2.05) is 13.0 Å².